The van der Waals surface area contributed by atoms with Gasteiger partial charge in [0.25, 0.3) is 0 Å². The van der Waals surface area contributed by atoms with E-state index in [1.165, 1.54) is 11.3 Å². The molecule has 29 heavy (non-hydrogen) atoms. The number of hydrogen-bond acceptors (Lipinski definition) is 6. The van der Waals surface area contributed by atoms with E-state index >= 15 is 0 Å². The minimum absolute atomic E-state index is 0.0325. The third kappa shape index (κ3) is 5.32. The number of nitrogens with one attached hydrogen (secondary N) is 1. The predicted octanol–water partition coefficient (Wildman–Crippen LogP) is 3.54. The topological polar surface area (TPSA) is 61.4 Å². The lowest BCUT2D eigenvalue weighted by Gasteiger charge is -2.34. The van der Waals surface area contributed by atoms with E-state index in [0.717, 1.165) is 47.5 Å². The summed E-state index contributed by atoms with van der Waals surface area (Å²) >= 11 is 7.71. The van der Waals surface area contributed by atoms with Crippen LogP contribution in [0.3, 0.4) is 0 Å². The summed E-state index contributed by atoms with van der Waals surface area (Å²) in [6.07, 6.45) is 4.32. The molecule has 3 heterocycles. The van der Waals surface area contributed by atoms with E-state index in [1.54, 1.807) is 6.20 Å². The van der Waals surface area contributed by atoms with E-state index < -0.39 is 0 Å². The van der Waals surface area contributed by atoms with Crippen LogP contribution in [0.25, 0.3) is 0 Å². The van der Waals surface area contributed by atoms with Crippen LogP contribution in [0.2, 0.25) is 5.02 Å². The number of carbonyl (C=O) groups excluding carboxylic acids is 1. The summed E-state index contributed by atoms with van der Waals surface area (Å²) < 4.78 is 0. The van der Waals surface area contributed by atoms with Gasteiger partial charge in [0.15, 0.2) is 5.13 Å². The van der Waals surface area contributed by atoms with Crippen molar-refractivity contribution in [2.24, 2.45) is 0 Å². The van der Waals surface area contributed by atoms with Crippen LogP contribution in [0.5, 0.6) is 0 Å². The van der Waals surface area contributed by atoms with Crippen molar-refractivity contribution < 1.29 is 4.79 Å². The van der Waals surface area contributed by atoms with E-state index in [-0.39, 0.29) is 5.91 Å². The van der Waals surface area contributed by atoms with Crippen molar-refractivity contribution >= 4 is 39.8 Å². The summed E-state index contributed by atoms with van der Waals surface area (Å²) in [6.45, 7) is 3.77. The molecule has 0 radical (unpaired) electrons. The van der Waals surface area contributed by atoms with Gasteiger partial charge in [-0.05, 0) is 23.8 Å². The highest BCUT2D eigenvalue weighted by atomic mass is 35.5. The van der Waals surface area contributed by atoms with Crippen LogP contribution in [0.15, 0.2) is 54.9 Å². The zero-order chi connectivity index (χ0) is 20.1. The Morgan fingerprint density at radius 1 is 1.07 bits per heavy atom. The molecule has 150 valence electrons. The number of pyridine rings is 1. The third-order valence-electron chi connectivity index (χ3n) is 4.84. The lowest BCUT2D eigenvalue weighted by atomic mass is 10.1. The first kappa shape index (κ1) is 19.8. The molecule has 1 amide bonds. The number of amides is 1. The fourth-order valence-corrected chi connectivity index (χ4v) is 4.37. The molecule has 1 fully saturated rings. The van der Waals surface area contributed by atoms with E-state index in [4.69, 9.17) is 11.6 Å². The molecule has 1 aromatic carbocycles. The number of carbonyl (C=O) groups is 1. The maximum Gasteiger partial charge on any atom is 0.240 e. The van der Waals surface area contributed by atoms with Gasteiger partial charge in [0.1, 0.15) is 5.82 Å². The monoisotopic (exact) mass is 427 g/mol. The molecular weight excluding hydrogens is 406 g/mol. The largest absolute Gasteiger partial charge is 0.354 e. The number of nitrogens with zero attached hydrogens (tertiary/aromatic N) is 4. The molecule has 1 N–H and O–H groups in total. The van der Waals surface area contributed by atoms with Crippen molar-refractivity contribution in [1.82, 2.24) is 14.9 Å². The fourth-order valence-electron chi connectivity index (χ4n) is 3.31. The first-order valence-corrected chi connectivity index (χ1v) is 10.7. The van der Waals surface area contributed by atoms with Crippen molar-refractivity contribution in [2.45, 2.75) is 6.42 Å². The molecule has 0 spiro atoms. The Morgan fingerprint density at radius 2 is 1.86 bits per heavy atom. The maximum atomic E-state index is 12.4. The Morgan fingerprint density at radius 3 is 2.62 bits per heavy atom. The molecule has 3 aromatic rings. The molecule has 0 bridgehead atoms. The van der Waals surface area contributed by atoms with Gasteiger partial charge in [-0.1, -0.05) is 35.9 Å². The average molecular weight is 428 g/mol. The van der Waals surface area contributed by atoms with Gasteiger partial charge >= 0.3 is 0 Å². The van der Waals surface area contributed by atoms with E-state index in [1.807, 2.05) is 48.7 Å². The molecule has 0 atom stereocenters. The second-order valence-electron chi connectivity index (χ2n) is 6.90. The van der Waals surface area contributed by atoms with Crippen molar-refractivity contribution in [1.29, 1.82) is 0 Å². The molecule has 1 saturated heterocycles. The van der Waals surface area contributed by atoms with Crippen LogP contribution in [0, 0.1) is 0 Å². The molecule has 6 nitrogen and oxygen atoms in total. The van der Waals surface area contributed by atoms with Gasteiger partial charge < -0.3 is 10.2 Å². The number of benzene rings is 1. The molecular formula is C21H22ClN5OS. The van der Waals surface area contributed by atoms with E-state index in [0.29, 0.717) is 18.1 Å². The lowest BCUT2D eigenvalue weighted by molar-refractivity contribution is -0.117. The highest BCUT2D eigenvalue weighted by Crippen LogP contribution is 2.24. The quantitative estimate of drug-likeness (QED) is 0.652. The number of rotatable bonds is 6. The first-order chi connectivity index (χ1) is 14.2. The molecule has 8 heteroatoms. The van der Waals surface area contributed by atoms with Gasteiger partial charge in [-0.3, -0.25) is 9.69 Å². The van der Waals surface area contributed by atoms with Crippen LogP contribution in [-0.4, -0.2) is 53.5 Å². The fraction of sp³-hybridized carbons (Fsp3) is 0.286. The van der Waals surface area contributed by atoms with Gasteiger partial charge in [-0.15, -0.1) is 11.3 Å². The highest BCUT2D eigenvalue weighted by molar-refractivity contribution is 7.15. The second kappa shape index (κ2) is 9.35. The molecule has 2 aromatic heterocycles. The van der Waals surface area contributed by atoms with Gasteiger partial charge in [-0.2, -0.15) is 0 Å². The van der Waals surface area contributed by atoms with Crippen LogP contribution in [0.4, 0.5) is 10.9 Å². The Balaban J connectivity index is 1.25. The smallest absolute Gasteiger partial charge is 0.240 e. The number of piperazine rings is 1. The summed E-state index contributed by atoms with van der Waals surface area (Å²) in [5, 5.41) is 4.30. The minimum atomic E-state index is -0.0325. The molecule has 1 aliphatic rings. The average Bonchev–Trinajstić information content (AvgIpc) is 3.17. The van der Waals surface area contributed by atoms with E-state index in [2.05, 4.69) is 25.1 Å². The molecule has 0 aliphatic carbocycles. The predicted molar refractivity (Wildman–Crippen MR) is 118 cm³/mol. The molecule has 0 saturated carbocycles. The van der Waals surface area contributed by atoms with Gasteiger partial charge in [-0.25, -0.2) is 9.97 Å². The number of anilines is 2. The highest BCUT2D eigenvalue weighted by Gasteiger charge is 2.20. The molecule has 1 aliphatic heterocycles. The van der Waals surface area contributed by atoms with Gasteiger partial charge in [0, 0.05) is 54.9 Å². The lowest BCUT2D eigenvalue weighted by Crippen LogP contribution is -2.48. The third-order valence-corrected chi connectivity index (χ3v) is 6.12. The number of hydrogen-bond donors (Lipinski definition) is 1. The Labute approximate surface area is 179 Å². The summed E-state index contributed by atoms with van der Waals surface area (Å²) in [5.41, 5.74) is 1.06. The number of aromatic nitrogens is 2. The van der Waals surface area contributed by atoms with Crippen molar-refractivity contribution in [3.63, 3.8) is 0 Å². The van der Waals surface area contributed by atoms with Crippen LogP contribution >= 0.6 is 22.9 Å². The zero-order valence-electron chi connectivity index (χ0n) is 15.9. The van der Waals surface area contributed by atoms with E-state index in [9.17, 15) is 4.79 Å². The van der Waals surface area contributed by atoms with Crippen LogP contribution in [-0.2, 0) is 11.2 Å². The minimum Gasteiger partial charge on any atom is -0.354 e. The zero-order valence-corrected chi connectivity index (χ0v) is 17.5. The standard InChI is InChI=1S/C21H22ClN5OS/c22-18-6-2-1-5-16(18)13-17-14-24-21(29-17)25-20(28)15-26-9-11-27(12-10-26)19-7-3-4-8-23-19/h1-8,14H,9-13,15H2,(H,24,25,28). The Bertz CT molecular complexity index is 956. The Hall–Kier alpha value is -2.48. The second-order valence-corrected chi connectivity index (χ2v) is 8.42. The Kier molecular flexibility index (Phi) is 6.39. The van der Waals surface area contributed by atoms with Crippen molar-refractivity contribution in [3.05, 3.63) is 70.3 Å². The van der Waals surface area contributed by atoms with Crippen LogP contribution in [0.1, 0.15) is 10.4 Å². The maximum absolute atomic E-state index is 12.4. The van der Waals surface area contributed by atoms with Gasteiger partial charge in [0.2, 0.25) is 5.91 Å². The molecule has 4 rings (SSSR count). The number of halogens is 1. The van der Waals surface area contributed by atoms with Gasteiger partial charge in [0.05, 0.1) is 6.54 Å². The summed E-state index contributed by atoms with van der Waals surface area (Å²) in [4.78, 5) is 26.6. The summed E-state index contributed by atoms with van der Waals surface area (Å²) in [6, 6.07) is 13.7. The van der Waals surface area contributed by atoms with Crippen molar-refractivity contribution in [2.75, 3.05) is 42.9 Å². The molecule has 0 unspecified atom stereocenters. The summed E-state index contributed by atoms with van der Waals surface area (Å²) in [7, 11) is 0. The SMILES string of the molecule is O=C(CN1CCN(c2ccccn2)CC1)Nc1ncc(Cc2ccccc2Cl)s1. The van der Waals surface area contributed by atoms with Crippen LogP contribution < -0.4 is 10.2 Å². The van der Waals surface area contributed by atoms with Crippen molar-refractivity contribution in [3.8, 4) is 0 Å². The summed E-state index contributed by atoms with van der Waals surface area (Å²) in [5.74, 6) is 0.959. The first-order valence-electron chi connectivity index (χ1n) is 9.54. The normalized spacial score (nSPS) is 14.7. The number of thiazole rings is 1.